The molecule has 0 amide bonds. The first-order chi connectivity index (χ1) is 13.1. The van der Waals surface area contributed by atoms with Crippen molar-refractivity contribution in [1.82, 2.24) is 4.98 Å². The maximum Gasteiger partial charge on any atom is 0.202 e. The fourth-order valence-corrected chi connectivity index (χ4v) is 4.27. The molecule has 0 aliphatic heterocycles. The highest BCUT2D eigenvalue weighted by atomic mass is 32.1. The predicted molar refractivity (Wildman–Crippen MR) is 109 cm³/mol. The maximum absolute atomic E-state index is 13.1. The first-order valence-electron chi connectivity index (χ1n) is 9.08. The number of quaternary nitrogens is 1. The highest BCUT2D eigenvalue weighted by molar-refractivity contribution is 7.21. The summed E-state index contributed by atoms with van der Waals surface area (Å²) in [6.07, 6.45) is 1.48. The van der Waals surface area contributed by atoms with Crippen LogP contribution in [0, 0.1) is 0 Å². The molecular weight excluding hydrogens is 360 g/mol. The SMILES string of the molecule is CC[NH+](CC)Cc1c(O)ccc2c(=O)c(-c3nc4ccccc4s3)coc12. The topological polar surface area (TPSA) is 67.8 Å². The fraction of sp³-hybridized carbons (Fsp3) is 0.238. The van der Waals surface area contributed by atoms with Crippen LogP contribution in [0.1, 0.15) is 19.4 Å². The summed E-state index contributed by atoms with van der Waals surface area (Å²) in [5.41, 5.74) is 2.35. The first kappa shape index (κ1) is 17.7. The lowest BCUT2D eigenvalue weighted by Crippen LogP contribution is -3.10. The number of phenolic OH excluding ortho intramolecular Hbond substituents is 1. The molecule has 2 aromatic carbocycles. The van der Waals surface area contributed by atoms with E-state index in [0.29, 0.717) is 33.6 Å². The summed E-state index contributed by atoms with van der Waals surface area (Å²) in [6.45, 7) is 6.67. The van der Waals surface area contributed by atoms with E-state index in [0.717, 1.165) is 23.3 Å². The molecule has 2 aromatic heterocycles. The molecule has 0 fully saturated rings. The predicted octanol–water partition coefficient (Wildman–Crippen LogP) is 3.20. The standard InChI is InChI=1S/C21H20N2O3S/c1-3-23(4-2)11-14-17(24)10-9-13-19(25)15(12-26-20(13)14)21-22-16-7-5-6-8-18(16)27-21/h5-10,12,24H,3-4,11H2,1-2H3/p+1. The van der Waals surface area contributed by atoms with Gasteiger partial charge in [0.15, 0.2) is 0 Å². The van der Waals surface area contributed by atoms with Crippen molar-refractivity contribution in [1.29, 1.82) is 0 Å². The van der Waals surface area contributed by atoms with Crippen molar-refractivity contribution in [2.75, 3.05) is 13.1 Å². The lowest BCUT2D eigenvalue weighted by atomic mass is 10.1. The van der Waals surface area contributed by atoms with Crippen LogP contribution < -0.4 is 10.3 Å². The van der Waals surface area contributed by atoms with Crippen LogP contribution in [0.2, 0.25) is 0 Å². The van der Waals surface area contributed by atoms with Crippen molar-refractivity contribution >= 4 is 32.5 Å². The quantitative estimate of drug-likeness (QED) is 0.557. The Balaban J connectivity index is 1.87. The zero-order chi connectivity index (χ0) is 19.0. The van der Waals surface area contributed by atoms with E-state index in [1.165, 1.54) is 22.5 Å². The van der Waals surface area contributed by atoms with Crippen LogP contribution >= 0.6 is 11.3 Å². The van der Waals surface area contributed by atoms with E-state index in [-0.39, 0.29) is 11.2 Å². The van der Waals surface area contributed by atoms with E-state index >= 15 is 0 Å². The Morgan fingerprint density at radius 2 is 1.93 bits per heavy atom. The van der Waals surface area contributed by atoms with Gasteiger partial charge in [0.25, 0.3) is 0 Å². The number of benzene rings is 2. The van der Waals surface area contributed by atoms with Crippen molar-refractivity contribution in [2.45, 2.75) is 20.4 Å². The van der Waals surface area contributed by atoms with E-state index in [9.17, 15) is 9.90 Å². The van der Waals surface area contributed by atoms with Gasteiger partial charge in [-0.15, -0.1) is 11.3 Å². The molecule has 6 heteroatoms. The normalized spacial score (nSPS) is 11.7. The van der Waals surface area contributed by atoms with Crippen molar-refractivity contribution in [3.8, 4) is 16.3 Å². The Hall–Kier alpha value is -2.70. The molecule has 0 aliphatic rings. The Morgan fingerprint density at radius 1 is 1.15 bits per heavy atom. The van der Waals surface area contributed by atoms with E-state index in [1.807, 2.05) is 24.3 Å². The van der Waals surface area contributed by atoms with Crippen LogP contribution in [0.5, 0.6) is 5.75 Å². The fourth-order valence-electron chi connectivity index (χ4n) is 3.30. The van der Waals surface area contributed by atoms with Gasteiger partial charge in [-0.05, 0) is 38.1 Å². The van der Waals surface area contributed by atoms with Gasteiger partial charge in [0.05, 0.1) is 39.8 Å². The van der Waals surface area contributed by atoms with Gasteiger partial charge in [0.1, 0.15) is 29.1 Å². The number of phenols is 1. The number of hydrogen-bond donors (Lipinski definition) is 2. The summed E-state index contributed by atoms with van der Waals surface area (Å²) >= 11 is 1.47. The van der Waals surface area contributed by atoms with E-state index in [4.69, 9.17) is 4.42 Å². The molecule has 0 atom stereocenters. The van der Waals surface area contributed by atoms with Crippen molar-refractivity contribution in [3.05, 3.63) is 58.4 Å². The molecule has 0 unspecified atom stereocenters. The molecule has 0 spiro atoms. The van der Waals surface area contributed by atoms with Crippen LogP contribution in [0.15, 0.2) is 51.9 Å². The Kier molecular flexibility index (Phi) is 4.68. The summed E-state index contributed by atoms with van der Waals surface area (Å²) < 4.78 is 6.90. The molecule has 0 aliphatic carbocycles. The van der Waals surface area contributed by atoms with E-state index < -0.39 is 0 Å². The molecule has 4 rings (SSSR count). The molecule has 0 radical (unpaired) electrons. The summed E-state index contributed by atoms with van der Waals surface area (Å²) in [7, 11) is 0. The van der Waals surface area contributed by atoms with Gasteiger partial charge in [-0.2, -0.15) is 0 Å². The summed E-state index contributed by atoms with van der Waals surface area (Å²) in [5.74, 6) is 0.165. The number of thiazole rings is 1. The molecule has 138 valence electrons. The summed E-state index contributed by atoms with van der Waals surface area (Å²) in [5, 5.41) is 11.5. The largest absolute Gasteiger partial charge is 0.507 e. The van der Waals surface area contributed by atoms with E-state index in [2.05, 4.69) is 18.8 Å². The minimum atomic E-state index is -0.119. The number of hydrogen-bond acceptors (Lipinski definition) is 5. The number of para-hydroxylation sites is 1. The van der Waals surface area contributed by atoms with Gasteiger partial charge < -0.3 is 14.4 Å². The average Bonchev–Trinajstić information content (AvgIpc) is 3.11. The molecular formula is C21H21N2O3S+. The maximum atomic E-state index is 13.1. The van der Waals surface area contributed by atoms with Crippen molar-refractivity contribution in [3.63, 3.8) is 0 Å². The summed E-state index contributed by atoms with van der Waals surface area (Å²) in [4.78, 5) is 19.0. The van der Waals surface area contributed by atoms with Crippen LogP contribution in [-0.2, 0) is 6.54 Å². The van der Waals surface area contributed by atoms with Crippen LogP contribution in [-0.4, -0.2) is 23.2 Å². The third kappa shape index (κ3) is 3.11. The lowest BCUT2D eigenvalue weighted by Gasteiger charge is -2.16. The minimum Gasteiger partial charge on any atom is -0.507 e. The van der Waals surface area contributed by atoms with Gasteiger partial charge in [-0.3, -0.25) is 4.79 Å². The molecule has 2 N–H and O–H groups in total. The molecule has 0 bridgehead atoms. The molecule has 0 saturated heterocycles. The van der Waals surface area contributed by atoms with Gasteiger partial charge in [0.2, 0.25) is 5.43 Å². The molecule has 5 nitrogen and oxygen atoms in total. The number of nitrogens with one attached hydrogen (secondary N) is 1. The second-order valence-electron chi connectivity index (χ2n) is 6.54. The second-order valence-corrected chi connectivity index (χ2v) is 7.57. The highest BCUT2D eigenvalue weighted by Gasteiger charge is 2.19. The highest BCUT2D eigenvalue weighted by Crippen LogP contribution is 2.31. The van der Waals surface area contributed by atoms with Crippen molar-refractivity contribution in [2.24, 2.45) is 0 Å². The Labute approximate surface area is 160 Å². The van der Waals surface area contributed by atoms with Crippen molar-refractivity contribution < 1.29 is 14.4 Å². The lowest BCUT2D eigenvalue weighted by molar-refractivity contribution is -0.910. The number of rotatable bonds is 5. The van der Waals surface area contributed by atoms with Crippen LogP contribution in [0.25, 0.3) is 31.8 Å². The molecule has 4 aromatic rings. The zero-order valence-corrected chi connectivity index (χ0v) is 16.1. The van der Waals surface area contributed by atoms with Gasteiger partial charge >= 0.3 is 0 Å². The number of fused-ring (bicyclic) bond motifs is 2. The zero-order valence-electron chi connectivity index (χ0n) is 15.3. The number of aromatic nitrogens is 1. The average molecular weight is 381 g/mol. The molecule has 27 heavy (non-hydrogen) atoms. The Morgan fingerprint density at radius 3 is 2.67 bits per heavy atom. The monoisotopic (exact) mass is 381 g/mol. The number of aromatic hydroxyl groups is 1. The third-order valence-corrected chi connectivity index (χ3v) is 6.04. The number of nitrogens with zero attached hydrogens (tertiary/aromatic N) is 1. The van der Waals surface area contributed by atoms with Gasteiger partial charge in [0, 0.05) is 0 Å². The van der Waals surface area contributed by atoms with E-state index in [1.54, 1.807) is 12.1 Å². The smallest absolute Gasteiger partial charge is 0.202 e. The minimum absolute atomic E-state index is 0.119. The van der Waals surface area contributed by atoms with Gasteiger partial charge in [-0.1, -0.05) is 12.1 Å². The van der Waals surface area contributed by atoms with Gasteiger partial charge in [-0.25, -0.2) is 4.98 Å². The van der Waals surface area contributed by atoms with Crippen LogP contribution in [0.3, 0.4) is 0 Å². The Bertz CT molecular complexity index is 1140. The molecule has 0 saturated carbocycles. The van der Waals surface area contributed by atoms with Crippen LogP contribution in [0.4, 0.5) is 0 Å². The summed E-state index contributed by atoms with van der Waals surface area (Å²) in [6, 6.07) is 11.0. The second kappa shape index (κ2) is 7.13. The molecule has 2 heterocycles. The first-order valence-corrected chi connectivity index (χ1v) is 9.89. The third-order valence-electron chi connectivity index (χ3n) is 4.97.